The van der Waals surface area contributed by atoms with Gasteiger partial charge in [-0.3, -0.25) is 4.79 Å². The van der Waals surface area contributed by atoms with Crippen LogP contribution < -0.4 is 4.90 Å². The van der Waals surface area contributed by atoms with Crippen LogP contribution in [0.3, 0.4) is 0 Å². The average molecular weight is 417 g/mol. The Kier molecular flexibility index (Phi) is 6.60. The average Bonchev–Trinajstić information content (AvgIpc) is 2.74. The molecule has 9 heteroatoms. The summed E-state index contributed by atoms with van der Waals surface area (Å²) in [6.07, 6.45) is 3.54. The maximum absolute atomic E-state index is 12.6. The van der Waals surface area contributed by atoms with Gasteiger partial charge >= 0.3 is 5.97 Å². The van der Waals surface area contributed by atoms with Gasteiger partial charge in [-0.25, -0.2) is 18.4 Å². The number of piperazine rings is 1. The molecule has 1 N–H and O–H groups in total. The van der Waals surface area contributed by atoms with Crippen molar-refractivity contribution in [2.75, 3.05) is 31.1 Å². The van der Waals surface area contributed by atoms with Gasteiger partial charge in [0.1, 0.15) is 17.6 Å². The van der Waals surface area contributed by atoms with E-state index in [4.69, 9.17) is 0 Å². The predicted molar refractivity (Wildman–Crippen MR) is 111 cm³/mol. The van der Waals surface area contributed by atoms with E-state index in [0.717, 1.165) is 5.56 Å². The fourth-order valence-corrected chi connectivity index (χ4v) is 4.34. The molecule has 2 aromatic rings. The number of rotatable bonds is 7. The summed E-state index contributed by atoms with van der Waals surface area (Å²) >= 11 is 0. The van der Waals surface area contributed by atoms with Gasteiger partial charge in [-0.05, 0) is 24.1 Å². The lowest BCUT2D eigenvalue weighted by atomic mass is 10.1. The lowest BCUT2D eigenvalue weighted by Crippen LogP contribution is -2.48. The summed E-state index contributed by atoms with van der Waals surface area (Å²) < 4.78 is 26.6. The Hall–Kier alpha value is -2.78. The summed E-state index contributed by atoms with van der Waals surface area (Å²) in [7, 11) is -3.51. The minimum Gasteiger partial charge on any atom is -0.481 e. The zero-order valence-corrected chi connectivity index (χ0v) is 17.0. The first-order valence-corrected chi connectivity index (χ1v) is 10.9. The highest BCUT2D eigenvalue weighted by Crippen LogP contribution is 2.21. The molecular weight excluding hydrogens is 392 g/mol. The molecule has 1 unspecified atom stereocenters. The Labute approximate surface area is 170 Å². The molecule has 0 bridgehead atoms. The minimum atomic E-state index is -3.51. The predicted octanol–water partition coefficient (Wildman–Crippen LogP) is 2.18. The first kappa shape index (κ1) is 20.9. The number of benzene rings is 1. The lowest BCUT2D eigenvalue weighted by molar-refractivity contribution is -0.139. The van der Waals surface area contributed by atoms with E-state index in [1.807, 2.05) is 35.2 Å². The first-order chi connectivity index (χ1) is 13.9. The molecule has 0 radical (unpaired) electrons. The molecule has 2 heterocycles. The summed E-state index contributed by atoms with van der Waals surface area (Å²) in [5.74, 6) is -0.810. The molecule has 1 atom stereocenters. The molecule has 0 amide bonds. The van der Waals surface area contributed by atoms with Crippen LogP contribution in [0.5, 0.6) is 0 Å². The number of sulfonamides is 1. The summed E-state index contributed by atoms with van der Waals surface area (Å²) in [5, 5.41) is 10.5. The van der Waals surface area contributed by atoms with Crippen molar-refractivity contribution in [3.05, 3.63) is 59.4 Å². The molecular formula is C20H24N4O4S. The van der Waals surface area contributed by atoms with Gasteiger partial charge in [0.2, 0.25) is 10.0 Å². The van der Waals surface area contributed by atoms with Crippen LogP contribution in [0.4, 0.5) is 5.82 Å². The summed E-state index contributed by atoms with van der Waals surface area (Å²) in [6, 6.07) is 11.0. The van der Waals surface area contributed by atoms with Crippen molar-refractivity contribution >= 4 is 27.9 Å². The van der Waals surface area contributed by atoms with E-state index < -0.39 is 21.9 Å². The number of hydrogen-bond donors (Lipinski definition) is 1. The fourth-order valence-electron chi connectivity index (χ4n) is 3.16. The monoisotopic (exact) mass is 416 g/mol. The van der Waals surface area contributed by atoms with Crippen molar-refractivity contribution in [3.63, 3.8) is 0 Å². The second-order valence-corrected chi connectivity index (χ2v) is 8.54. The van der Waals surface area contributed by atoms with Crippen LogP contribution in [0.1, 0.15) is 30.7 Å². The Morgan fingerprint density at radius 2 is 1.86 bits per heavy atom. The molecule has 0 saturated carbocycles. The van der Waals surface area contributed by atoms with Crippen LogP contribution in [-0.2, 0) is 14.8 Å². The third kappa shape index (κ3) is 5.18. The number of hydrogen-bond acceptors (Lipinski definition) is 6. The molecule has 1 fully saturated rings. The summed E-state index contributed by atoms with van der Waals surface area (Å²) in [6.45, 7) is 3.38. The lowest BCUT2D eigenvalue weighted by Gasteiger charge is -2.34. The number of aliphatic carboxylic acids is 1. The van der Waals surface area contributed by atoms with Gasteiger partial charge in [-0.15, -0.1) is 0 Å². The number of nitrogens with zero attached hydrogens (tertiary/aromatic N) is 4. The van der Waals surface area contributed by atoms with Gasteiger partial charge in [0.25, 0.3) is 0 Å². The highest BCUT2D eigenvalue weighted by molar-refractivity contribution is 7.92. The normalized spacial score (nSPS) is 16.8. The number of carboxylic acids is 1. The standard InChI is InChI=1S/C20H24N4O4S/c1-2-17(20(25)26)19-21-10-8-18(22-19)23-11-13-24(14-12-23)29(27,28)15-9-16-6-4-3-5-7-16/h3-10,15,17H,2,11-14H2,1H3,(H,25,26). The molecule has 29 heavy (non-hydrogen) atoms. The van der Waals surface area contributed by atoms with E-state index in [1.165, 1.54) is 9.71 Å². The number of aromatic nitrogens is 2. The minimum absolute atomic E-state index is 0.276. The molecule has 3 rings (SSSR count). The maximum atomic E-state index is 12.6. The van der Waals surface area contributed by atoms with Crippen molar-refractivity contribution in [1.82, 2.24) is 14.3 Å². The van der Waals surface area contributed by atoms with Crippen molar-refractivity contribution in [1.29, 1.82) is 0 Å². The maximum Gasteiger partial charge on any atom is 0.314 e. The van der Waals surface area contributed by atoms with Gasteiger partial charge in [0.15, 0.2) is 0 Å². The number of carbonyl (C=O) groups is 1. The highest BCUT2D eigenvalue weighted by Gasteiger charge is 2.27. The van der Waals surface area contributed by atoms with Crippen LogP contribution in [0, 0.1) is 0 Å². The third-order valence-electron chi connectivity index (χ3n) is 4.83. The quantitative estimate of drug-likeness (QED) is 0.738. The van der Waals surface area contributed by atoms with Crippen molar-refractivity contribution in [2.24, 2.45) is 0 Å². The molecule has 1 aliphatic rings. The largest absolute Gasteiger partial charge is 0.481 e. The zero-order valence-electron chi connectivity index (χ0n) is 16.2. The van der Waals surface area contributed by atoms with E-state index in [0.29, 0.717) is 38.4 Å². The van der Waals surface area contributed by atoms with Crippen LogP contribution in [0.2, 0.25) is 0 Å². The van der Waals surface area contributed by atoms with Gasteiger partial charge in [0.05, 0.1) is 0 Å². The fraction of sp³-hybridized carbons (Fsp3) is 0.350. The molecule has 0 spiro atoms. The highest BCUT2D eigenvalue weighted by atomic mass is 32.2. The Morgan fingerprint density at radius 3 is 2.48 bits per heavy atom. The van der Waals surface area contributed by atoms with Gasteiger partial charge in [-0.2, -0.15) is 4.31 Å². The molecule has 154 valence electrons. The van der Waals surface area contributed by atoms with Crippen LogP contribution in [0.25, 0.3) is 6.08 Å². The second-order valence-electron chi connectivity index (χ2n) is 6.72. The number of carboxylic acid groups (broad SMARTS) is 1. The molecule has 1 saturated heterocycles. The second kappa shape index (κ2) is 9.15. The van der Waals surface area contributed by atoms with Gasteiger partial charge in [0, 0.05) is 37.8 Å². The van der Waals surface area contributed by atoms with Crippen LogP contribution >= 0.6 is 0 Å². The topological polar surface area (TPSA) is 104 Å². The molecule has 8 nitrogen and oxygen atoms in total. The van der Waals surface area contributed by atoms with Crippen LogP contribution in [-0.4, -0.2) is 59.9 Å². The molecule has 0 aliphatic carbocycles. The van der Waals surface area contributed by atoms with Gasteiger partial charge < -0.3 is 10.0 Å². The zero-order chi connectivity index (χ0) is 20.9. The van der Waals surface area contributed by atoms with E-state index >= 15 is 0 Å². The smallest absolute Gasteiger partial charge is 0.314 e. The molecule has 1 aliphatic heterocycles. The summed E-state index contributed by atoms with van der Waals surface area (Å²) in [4.78, 5) is 21.8. The van der Waals surface area contributed by atoms with Crippen molar-refractivity contribution in [2.45, 2.75) is 19.3 Å². The number of anilines is 1. The van der Waals surface area contributed by atoms with Crippen LogP contribution in [0.15, 0.2) is 48.0 Å². The van der Waals surface area contributed by atoms with E-state index in [2.05, 4.69) is 9.97 Å². The third-order valence-corrected chi connectivity index (χ3v) is 6.40. The Balaban J connectivity index is 1.66. The summed E-state index contributed by atoms with van der Waals surface area (Å²) in [5.41, 5.74) is 0.826. The van der Waals surface area contributed by atoms with E-state index in [-0.39, 0.29) is 5.82 Å². The SMILES string of the molecule is CCC(C(=O)O)c1nccc(N2CCN(S(=O)(=O)C=Cc3ccccc3)CC2)n1. The van der Waals surface area contributed by atoms with E-state index in [1.54, 1.807) is 25.3 Å². The van der Waals surface area contributed by atoms with Crippen molar-refractivity contribution < 1.29 is 18.3 Å². The van der Waals surface area contributed by atoms with E-state index in [9.17, 15) is 18.3 Å². The molecule has 1 aromatic carbocycles. The first-order valence-electron chi connectivity index (χ1n) is 9.44. The molecule has 1 aromatic heterocycles. The van der Waals surface area contributed by atoms with Gasteiger partial charge in [-0.1, -0.05) is 37.3 Å². The Morgan fingerprint density at radius 1 is 1.17 bits per heavy atom. The Bertz CT molecular complexity index is 971. The van der Waals surface area contributed by atoms with Crippen molar-refractivity contribution in [3.8, 4) is 0 Å².